The average Bonchev–Trinajstić information content (AvgIpc) is 3.09. The number of piperidine rings is 1. The van der Waals surface area contributed by atoms with Gasteiger partial charge < -0.3 is 4.90 Å². The van der Waals surface area contributed by atoms with E-state index in [9.17, 15) is 4.79 Å². The summed E-state index contributed by atoms with van der Waals surface area (Å²) in [6.45, 7) is 7.81. The predicted molar refractivity (Wildman–Crippen MR) is 97.3 cm³/mol. The first-order chi connectivity index (χ1) is 12.0. The van der Waals surface area contributed by atoms with Crippen LogP contribution in [-0.4, -0.2) is 43.0 Å². The van der Waals surface area contributed by atoms with Gasteiger partial charge >= 0.3 is 0 Å². The lowest BCUT2D eigenvalue weighted by atomic mass is 10.0. The lowest BCUT2D eigenvalue weighted by Crippen LogP contribution is -2.46. The van der Waals surface area contributed by atoms with Gasteiger partial charge in [0.25, 0.3) is 0 Å². The van der Waals surface area contributed by atoms with Crippen LogP contribution in [0, 0.1) is 20.8 Å². The summed E-state index contributed by atoms with van der Waals surface area (Å²) in [5, 5.41) is 8.85. The van der Waals surface area contributed by atoms with Crippen molar-refractivity contribution >= 4 is 5.91 Å². The van der Waals surface area contributed by atoms with E-state index >= 15 is 0 Å². The van der Waals surface area contributed by atoms with Crippen LogP contribution in [-0.2, 0) is 24.8 Å². The number of hydrogen-bond donors (Lipinski definition) is 0. The number of rotatable bonds is 5. The molecule has 1 aliphatic heterocycles. The molecule has 136 valence electrons. The Hall–Kier alpha value is -2.11. The van der Waals surface area contributed by atoms with Crippen molar-refractivity contribution in [2.24, 2.45) is 7.05 Å². The Balaban J connectivity index is 1.64. The number of nitrogens with zero attached hydrogens (tertiary/aromatic N) is 5. The highest BCUT2D eigenvalue weighted by Crippen LogP contribution is 2.21. The third-order valence-electron chi connectivity index (χ3n) is 5.36. The molecule has 2 aromatic rings. The van der Waals surface area contributed by atoms with Crippen LogP contribution >= 0.6 is 0 Å². The van der Waals surface area contributed by atoms with Crippen LogP contribution in [0.5, 0.6) is 0 Å². The first kappa shape index (κ1) is 17.7. The van der Waals surface area contributed by atoms with Crippen molar-refractivity contribution in [3.8, 4) is 0 Å². The highest BCUT2D eigenvalue weighted by atomic mass is 16.2. The lowest BCUT2D eigenvalue weighted by molar-refractivity contribution is -0.135. The van der Waals surface area contributed by atoms with Gasteiger partial charge in [-0.05, 0) is 57.6 Å². The SMILES string of the molecule is Cc1cnn(CC2CCCCN2C(=O)CCc2c(C)nn(C)c2C)c1. The average molecular weight is 343 g/mol. The van der Waals surface area contributed by atoms with E-state index in [1.807, 2.05) is 36.5 Å². The fourth-order valence-corrected chi connectivity index (χ4v) is 3.86. The molecule has 25 heavy (non-hydrogen) atoms. The van der Waals surface area contributed by atoms with Crippen molar-refractivity contribution in [2.75, 3.05) is 6.54 Å². The van der Waals surface area contributed by atoms with E-state index in [2.05, 4.69) is 28.2 Å². The quantitative estimate of drug-likeness (QED) is 0.838. The van der Waals surface area contributed by atoms with Crippen LogP contribution in [0.4, 0.5) is 0 Å². The van der Waals surface area contributed by atoms with Crippen LogP contribution in [0.2, 0.25) is 0 Å². The minimum atomic E-state index is 0.260. The zero-order valence-electron chi connectivity index (χ0n) is 15.8. The highest BCUT2D eigenvalue weighted by molar-refractivity contribution is 5.77. The molecule has 0 aromatic carbocycles. The van der Waals surface area contributed by atoms with Crippen LogP contribution in [0.15, 0.2) is 12.4 Å². The van der Waals surface area contributed by atoms with Crippen LogP contribution in [0.3, 0.4) is 0 Å². The van der Waals surface area contributed by atoms with Crippen LogP contribution in [0.25, 0.3) is 0 Å². The molecule has 2 aromatic heterocycles. The molecule has 0 aliphatic carbocycles. The molecular weight excluding hydrogens is 314 g/mol. The van der Waals surface area contributed by atoms with Gasteiger partial charge in [-0.25, -0.2) is 0 Å². The number of carbonyl (C=O) groups excluding carboxylic acids is 1. The normalized spacial score (nSPS) is 17.9. The van der Waals surface area contributed by atoms with E-state index in [1.165, 1.54) is 12.0 Å². The van der Waals surface area contributed by atoms with E-state index in [-0.39, 0.29) is 11.9 Å². The molecule has 1 saturated heterocycles. The zero-order valence-corrected chi connectivity index (χ0v) is 15.8. The minimum absolute atomic E-state index is 0.260. The monoisotopic (exact) mass is 343 g/mol. The summed E-state index contributed by atoms with van der Waals surface area (Å²) in [6, 6.07) is 0.261. The Labute approximate surface area is 149 Å². The van der Waals surface area contributed by atoms with Crippen molar-refractivity contribution in [2.45, 2.75) is 65.5 Å². The molecule has 0 N–H and O–H groups in total. The van der Waals surface area contributed by atoms with E-state index in [1.54, 1.807) is 0 Å². The maximum absolute atomic E-state index is 12.9. The Morgan fingerprint density at radius 2 is 2.08 bits per heavy atom. The molecule has 1 aliphatic rings. The summed E-state index contributed by atoms with van der Waals surface area (Å²) < 4.78 is 3.87. The second-order valence-corrected chi connectivity index (χ2v) is 7.25. The summed E-state index contributed by atoms with van der Waals surface area (Å²) in [6.07, 6.45) is 8.62. The standard InChI is InChI=1S/C19H29N5O/c1-14-11-20-23(12-14)13-17-7-5-6-10-24(17)19(25)9-8-18-15(2)21-22(4)16(18)3/h11-12,17H,5-10,13H2,1-4H3. The molecule has 0 bridgehead atoms. The summed E-state index contributed by atoms with van der Waals surface area (Å²) in [4.78, 5) is 15.0. The minimum Gasteiger partial charge on any atom is -0.338 e. The Morgan fingerprint density at radius 3 is 2.72 bits per heavy atom. The molecule has 3 rings (SSSR count). The Bertz CT molecular complexity index is 745. The molecule has 1 amide bonds. The number of likely N-dealkylation sites (tertiary alicyclic amines) is 1. The second kappa shape index (κ2) is 7.42. The smallest absolute Gasteiger partial charge is 0.223 e. The van der Waals surface area contributed by atoms with E-state index in [0.717, 1.165) is 49.3 Å². The van der Waals surface area contributed by atoms with Gasteiger partial charge in [-0.3, -0.25) is 14.2 Å². The van der Waals surface area contributed by atoms with Gasteiger partial charge in [-0.1, -0.05) is 0 Å². The number of hydrogen-bond acceptors (Lipinski definition) is 3. The summed E-state index contributed by atoms with van der Waals surface area (Å²) >= 11 is 0. The maximum Gasteiger partial charge on any atom is 0.223 e. The molecular formula is C19H29N5O. The first-order valence-electron chi connectivity index (χ1n) is 9.23. The van der Waals surface area contributed by atoms with Gasteiger partial charge in [-0.2, -0.15) is 10.2 Å². The zero-order chi connectivity index (χ0) is 18.0. The summed E-state index contributed by atoms with van der Waals surface area (Å²) in [5.74, 6) is 0.260. The maximum atomic E-state index is 12.9. The van der Waals surface area contributed by atoms with E-state index < -0.39 is 0 Å². The van der Waals surface area contributed by atoms with E-state index in [0.29, 0.717) is 6.42 Å². The predicted octanol–water partition coefficient (Wildman–Crippen LogP) is 2.56. The van der Waals surface area contributed by atoms with Crippen LogP contribution < -0.4 is 0 Å². The van der Waals surface area contributed by atoms with Crippen molar-refractivity contribution in [1.29, 1.82) is 0 Å². The summed E-state index contributed by atoms with van der Waals surface area (Å²) in [7, 11) is 1.96. The topological polar surface area (TPSA) is 56.0 Å². The third kappa shape index (κ3) is 3.94. The molecule has 1 unspecified atom stereocenters. The largest absolute Gasteiger partial charge is 0.338 e. The molecule has 0 spiro atoms. The molecule has 3 heterocycles. The number of amides is 1. The van der Waals surface area contributed by atoms with Crippen molar-refractivity contribution in [1.82, 2.24) is 24.5 Å². The van der Waals surface area contributed by atoms with Gasteiger partial charge in [0.05, 0.1) is 24.5 Å². The summed E-state index contributed by atoms with van der Waals surface area (Å²) in [5.41, 5.74) is 4.57. The molecule has 6 nitrogen and oxygen atoms in total. The van der Waals surface area contributed by atoms with Crippen LogP contribution in [0.1, 0.15) is 48.2 Å². The second-order valence-electron chi connectivity index (χ2n) is 7.25. The number of carbonyl (C=O) groups is 1. The fraction of sp³-hybridized carbons (Fsp3) is 0.632. The van der Waals surface area contributed by atoms with Gasteiger partial charge in [0.2, 0.25) is 5.91 Å². The number of aryl methyl sites for hydroxylation is 3. The highest BCUT2D eigenvalue weighted by Gasteiger charge is 2.27. The van der Waals surface area contributed by atoms with Gasteiger partial charge in [0, 0.05) is 31.9 Å². The third-order valence-corrected chi connectivity index (χ3v) is 5.36. The fourth-order valence-electron chi connectivity index (χ4n) is 3.86. The molecule has 0 radical (unpaired) electrons. The Kier molecular flexibility index (Phi) is 5.25. The Morgan fingerprint density at radius 1 is 1.28 bits per heavy atom. The molecule has 1 atom stereocenters. The van der Waals surface area contributed by atoms with Gasteiger partial charge in [-0.15, -0.1) is 0 Å². The van der Waals surface area contributed by atoms with Crippen molar-refractivity contribution in [3.63, 3.8) is 0 Å². The molecule has 0 saturated carbocycles. The van der Waals surface area contributed by atoms with Crippen molar-refractivity contribution < 1.29 is 4.79 Å². The first-order valence-corrected chi connectivity index (χ1v) is 9.23. The lowest BCUT2D eigenvalue weighted by Gasteiger charge is -2.36. The van der Waals surface area contributed by atoms with Gasteiger partial charge in [0.1, 0.15) is 0 Å². The molecule has 1 fully saturated rings. The van der Waals surface area contributed by atoms with Crippen molar-refractivity contribution in [3.05, 3.63) is 34.9 Å². The molecule has 6 heteroatoms. The number of aromatic nitrogens is 4. The van der Waals surface area contributed by atoms with Gasteiger partial charge in [0.15, 0.2) is 0 Å². The van der Waals surface area contributed by atoms with E-state index in [4.69, 9.17) is 0 Å².